The summed E-state index contributed by atoms with van der Waals surface area (Å²) in [6.45, 7) is 21.1. The Hall–Kier alpha value is -0.160. The first-order valence-electron chi connectivity index (χ1n) is 10.5. The summed E-state index contributed by atoms with van der Waals surface area (Å²) in [5.74, 6) is 0.939. The Morgan fingerprint density at radius 1 is 0.708 bits per heavy atom. The second kappa shape index (κ2) is 8.48. The van der Waals surface area contributed by atoms with Crippen LogP contribution in [0.5, 0.6) is 0 Å². The third-order valence-corrected chi connectivity index (χ3v) is 6.74. The minimum Gasteiger partial charge on any atom is -0.301 e. The summed E-state index contributed by atoms with van der Waals surface area (Å²) < 4.78 is 0. The first-order valence-corrected chi connectivity index (χ1v) is 10.5. The van der Waals surface area contributed by atoms with Gasteiger partial charge < -0.3 is 9.80 Å². The van der Waals surface area contributed by atoms with Gasteiger partial charge in [-0.25, -0.2) is 0 Å². The van der Waals surface area contributed by atoms with Gasteiger partial charge in [0.15, 0.2) is 0 Å². The van der Waals surface area contributed by atoms with Crippen LogP contribution in [-0.2, 0) is 0 Å². The molecule has 0 N–H and O–H groups in total. The second-order valence-electron chi connectivity index (χ2n) is 8.94. The molecule has 0 amide bonds. The molecular formula is C20H40N4. The topological polar surface area (TPSA) is 13.0 Å². The standard InChI is InChI=1S/C20H40N4/c1-17(2)22-8-5-19(6-9-22)15-21-11-13-23(14-12-21)20-7-10-24(16-20)18(3)4/h17-20H,5-16H2,1-4H3. The van der Waals surface area contributed by atoms with Gasteiger partial charge in [0.1, 0.15) is 0 Å². The Bertz CT molecular complexity index is 368. The summed E-state index contributed by atoms with van der Waals surface area (Å²) in [5.41, 5.74) is 0. The molecule has 0 aliphatic carbocycles. The van der Waals surface area contributed by atoms with Crippen molar-refractivity contribution in [2.24, 2.45) is 5.92 Å². The highest BCUT2D eigenvalue weighted by Gasteiger charge is 2.31. The summed E-state index contributed by atoms with van der Waals surface area (Å²) in [6, 6.07) is 2.27. The lowest BCUT2D eigenvalue weighted by molar-refractivity contribution is 0.0692. The van der Waals surface area contributed by atoms with E-state index in [9.17, 15) is 0 Å². The van der Waals surface area contributed by atoms with Gasteiger partial charge in [0, 0.05) is 63.9 Å². The van der Waals surface area contributed by atoms with Crippen molar-refractivity contribution in [3.63, 3.8) is 0 Å². The minimum absolute atomic E-state index is 0.716. The molecule has 3 aliphatic heterocycles. The number of hydrogen-bond donors (Lipinski definition) is 0. The van der Waals surface area contributed by atoms with E-state index in [1.165, 1.54) is 78.2 Å². The molecule has 3 aliphatic rings. The maximum Gasteiger partial charge on any atom is 0.0236 e. The zero-order chi connectivity index (χ0) is 17.1. The van der Waals surface area contributed by atoms with Gasteiger partial charge in [-0.15, -0.1) is 0 Å². The van der Waals surface area contributed by atoms with Crippen molar-refractivity contribution in [2.45, 2.75) is 65.1 Å². The molecule has 3 saturated heterocycles. The zero-order valence-corrected chi connectivity index (χ0v) is 16.6. The summed E-state index contributed by atoms with van der Waals surface area (Å²) in [7, 11) is 0. The number of likely N-dealkylation sites (tertiary alicyclic amines) is 2. The van der Waals surface area contributed by atoms with Crippen molar-refractivity contribution >= 4 is 0 Å². The zero-order valence-electron chi connectivity index (χ0n) is 16.6. The molecule has 140 valence electrons. The van der Waals surface area contributed by atoms with Gasteiger partial charge in [-0.1, -0.05) is 0 Å². The number of hydrogen-bond acceptors (Lipinski definition) is 4. The SMILES string of the molecule is CC(C)N1CCC(CN2CCN(C3CCN(C(C)C)C3)CC2)CC1. The van der Waals surface area contributed by atoms with Gasteiger partial charge >= 0.3 is 0 Å². The Labute approximate surface area is 150 Å². The van der Waals surface area contributed by atoms with Crippen LogP contribution in [0, 0.1) is 5.92 Å². The normalized spacial score (nSPS) is 30.0. The van der Waals surface area contributed by atoms with Gasteiger partial charge in [-0.05, 0) is 66.0 Å². The first kappa shape index (κ1) is 18.6. The smallest absolute Gasteiger partial charge is 0.0236 e. The van der Waals surface area contributed by atoms with Crippen molar-refractivity contribution in [3.05, 3.63) is 0 Å². The van der Waals surface area contributed by atoms with Crippen LogP contribution in [0.1, 0.15) is 47.0 Å². The van der Waals surface area contributed by atoms with E-state index in [-0.39, 0.29) is 0 Å². The van der Waals surface area contributed by atoms with Gasteiger partial charge in [0.2, 0.25) is 0 Å². The van der Waals surface area contributed by atoms with E-state index >= 15 is 0 Å². The van der Waals surface area contributed by atoms with Crippen LogP contribution in [0.2, 0.25) is 0 Å². The van der Waals surface area contributed by atoms with Gasteiger partial charge in [-0.3, -0.25) is 9.80 Å². The Kier molecular flexibility index (Phi) is 6.58. The van der Waals surface area contributed by atoms with E-state index in [1.807, 2.05) is 0 Å². The van der Waals surface area contributed by atoms with E-state index in [2.05, 4.69) is 47.3 Å². The molecule has 0 radical (unpaired) electrons. The van der Waals surface area contributed by atoms with E-state index in [4.69, 9.17) is 0 Å². The molecule has 0 aromatic rings. The molecule has 24 heavy (non-hydrogen) atoms. The molecule has 0 aromatic carbocycles. The van der Waals surface area contributed by atoms with Crippen LogP contribution in [0.15, 0.2) is 0 Å². The fraction of sp³-hybridized carbons (Fsp3) is 1.00. The number of nitrogens with zero attached hydrogens (tertiary/aromatic N) is 4. The van der Waals surface area contributed by atoms with Crippen LogP contribution < -0.4 is 0 Å². The molecule has 1 unspecified atom stereocenters. The molecule has 0 saturated carbocycles. The molecule has 4 heteroatoms. The van der Waals surface area contributed by atoms with Gasteiger partial charge in [0.05, 0.1) is 0 Å². The van der Waals surface area contributed by atoms with E-state index in [0.29, 0.717) is 6.04 Å². The molecule has 0 aromatic heterocycles. The summed E-state index contributed by atoms with van der Waals surface area (Å²) in [6.07, 6.45) is 4.20. The average Bonchev–Trinajstić information content (AvgIpc) is 3.06. The van der Waals surface area contributed by atoms with E-state index < -0.39 is 0 Å². The number of piperazine rings is 1. The molecule has 3 fully saturated rings. The Morgan fingerprint density at radius 2 is 1.29 bits per heavy atom. The van der Waals surface area contributed by atoms with Crippen molar-refractivity contribution < 1.29 is 0 Å². The molecule has 3 rings (SSSR count). The van der Waals surface area contributed by atoms with Gasteiger partial charge in [0.25, 0.3) is 0 Å². The van der Waals surface area contributed by atoms with Crippen LogP contribution >= 0.6 is 0 Å². The highest BCUT2D eigenvalue weighted by atomic mass is 15.3. The fourth-order valence-electron chi connectivity index (χ4n) is 4.86. The molecule has 0 spiro atoms. The first-order chi connectivity index (χ1) is 11.5. The minimum atomic E-state index is 0.716. The predicted octanol–water partition coefficient (Wildman–Crippen LogP) is 2.21. The van der Waals surface area contributed by atoms with Crippen molar-refractivity contribution in [1.82, 2.24) is 19.6 Å². The Balaban J connectivity index is 1.36. The predicted molar refractivity (Wildman–Crippen MR) is 103 cm³/mol. The quantitative estimate of drug-likeness (QED) is 0.763. The second-order valence-corrected chi connectivity index (χ2v) is 8.94. The number of piperidine rings is 1. The maximum absolute atomic E-state index is 2.78. The average molecular weight is 337 g/mol. The highest BCUT2D eigenvalue weighted by molar-refractivity contribution is 4.88. The van der Waals surface area contributed by atoms with Crippen LogP contribution in [0.3, 0.4) is 0 Å². The van der Waals surface area contributed by atoms with Crippen LogP contribution in [-0.4, -0.2) is 96.6 Å². The fourth-order valence-corrected chi connectivity index (χ4v) is 4.86. The van der Waals surface area contributed by atoms with Crippen molar-refractivity contribution in [3.8, 4) is 0 Å². The monoisotopic (exact) mass is 336 g/mol. The molecule has 0 bridgehead atoms. The molecular weight excluding hydrogens is 296 g/mol. The van der Waals surface area contributed by atoms with Crippen molar-refractivity contribution in [2.75, 3.05) is 58.9 Å². The molecule has 4 nitrogen and oxygen atoms in total. The largest absolute Gasteiger partial charge is 0.301 e. The Morgan fingerprint density at radius 3 is 1.83 bits per heavy atom. The molecule has 3 heterocycles. The molecule has 1 atom stereocenters. The van der Waals surface area contributed by atoms with E-state index in [1.54, 1.807) is 0 Å². The van der Waals surface area contributed by atoms with Crippen molar-refractivity contribution in [1.29, 1.82) is 0 Å². The summed E-state index contributed by atoms with van der Waals surface area (Å²) in [4.78, 5) is 10.8. The van der Waals surface area contributed by atoms with Crippen LogP contribution in [0.25, 0.3) is 0 Å². The highest BCUT2D eigenvalue weighted by Crippen LogP contribution is 2.22. The van der Waals surface area contributed by atoms with Gasteiger partial charge in [-0.2, -0.15) is 0 Å². The lowest BCUT2D eigenvalue weighted by Gasteiger charge is -2.41. The lowest BCUT2D eigenvalue weighted by atomic mass is 9.95. The maximum atomic E-state index is 2.78. The summed E-state index contributed by atoms with van der Waals surface area (Å²) >= 11 is 0. The lowest BCUT2D eigenvalue weighted by Crippen LogP contribution is -2.52. The third-order valence-electron chi connectivity index (χ3n) is 6.74. The van der Waals surface area contributed by atoms with E-state index in [0.717, 1.165) is 18.0 Å². The van der Waals surface area contributed by atoms with Crippen LogP contribution in [0.4, 0.5) is 0 Å². The third kappa shape index (κ3) is 4.72. The number of rotatable bonds is 5. The summed E-state index contributed by atoms with van der Waals surface area (Å²) in [5, 5.41) is 0.